The molecule has 0 atom stereocenters. The second kappa shape index (κ2) is 8.35. The molecule has 156 valence electrons. The smallest absolute Gasteiger partial charge is 0.387 e. The Labute approximate surface area is 168 Å². The lowest BCUT2D eigenvalue weighted by Gasteiger charge is -2.16. The molecule has 0 fully saturated rings. The lowest BCUT2D eigenvalue weighted by Crippen LogP contribution is -2.26. The first kappa shape index (κ1) is 21.0. The highest BCUT2D eigenvalue weighted by atomic mass is 19.3. The normalized spacial score (nSPS) is 11.8. The van der Waals surface area contributed by atoms with Crippen LogP contribution in [-0.2, 0) is 6.54 Å². The molecule has 0 radical (unpaired) electrons. The number of nitrogens with zero attached hydrogens (tertiary/aromatic N) is 3. The third-order valence-corrected chi connectivity index (χ3v) is 5.49. The molecule has 0 N–H and O–H groups in total. The zero-order valence-electron chi connectivity index (χ0n) is 17.5. The van der Waals surface area contributed by atoms with E-state index >= 15 is 0 Å². The molecule has 0 aliphatic carbocycles. The van der Waals surface area contributed by atoms with E-state index < -0.39 is 6.61 Å². The summed E-state index contributed by atoms with van der Waals surface area (Å²) in [5, 5.41) is 4.79. The fourth-order valence-corrected chi connectivity index (χ4v) is 3.96. The third-order valence-electron chi connectivity index (χ3n) is 5.49. The number of alkyl halides is 2. The summed E-state index contributed by atoms with van der Waals surface area (Å²) in [5.41, 5.74) is 3.90. The zero-order valence-corrected chi connectivity index (χ0v) is 17.5. The second-order valence-corrected chi connectivity index (χ2v) is 7.24. The average molecular weight is 403 g/mol. The van der Waals surface area contributed by atoms with Crippen molar-refractivity contribution in [1.82, 2.24) is 14.2 Å². The second-order valence-electron chi connectivity index (χ2n) is 7.24. The van der Waals surface area contributed by atoms with E-state index in [1.54, 1.807) is 22.1 Å². The van der Waals surface area contributed by atoms with Gasteiger partial charge in [-0.3, -0.25) is 9.36 Å². The number of benzene rings is 1. The van der Waals surface area contributed by atoms with Crippen LogP contribution in [-0.4, -0.2) is 20.8 Å². The molecular weight excluding hydrogens is 376 g/mol. The SMILES string of the molecule is CCC(CC)c1cc(C)n2nc(-c3ccc(OC(F)F)cc3C)n(CC)c(=O)c12. The minimum atomic E-state index is -2.88. The Morgan fingerprint density at radius 1 is 1.10 bits per heavy atom. The van der Waals surface area contributed by atoms with E-state index in [-0.39, 0.29) is 11.3 Å². The Bertz CT molecular complexity index is 1080. The van der Waals surface area contributed by atoms with Gasteiger partial charge in [-0.15, -0.1) is 5.10 Å². The maximum atomic E-state index is 13.4. The monoisotopic (exact) mass is 403 g/mol. The molecule has 0 unspecified atom stereocenters. The van der Waals surface area contributed by atoms with Crippen molar-refractivity contribution in [3.63, 3.8) is 0 Å². The van der Waals surface area contributed by atoms with Gasteiger partial charge >= 0.3 is 6.61 Å². The number of aromatic nitrogens is 3. The Morgan fingerprint density at radius 2 is 1.79 bits per heavy atom. The fourth-order valence-electron chi connectivity index (χ4n) is 3.96. The van der Waals surface area contributed by atoms with Crippen LogP contribution in [0.4, 0.5) is 8.78 Å². The van der Waals surface area contributed by atoms with Crippen molar-refractivity contribution < 1.29 is 13.5 Å². The number of rotatable bonds is 7. The maximum Gasteiger partial charge on any atom is 0.387 e. The standard InChI is InChI=1S/C22H27F2N3O2/c1-6-15(7-2)18-12-14(5)27-19(18)21(28)26(8-3)20(25-27)17-10-9-16(11-13(17)4)29-22(23)24/h9-12,15,22H,6-8H2,1-5H3. The van der Waals surface area contributed by atoms with Gasteiger partial charge in [0.2, 0.25) is 0 Å². The topological polar surface area (TPSA) is 48.5 Å². The van der Waals surface area contributed by atoms with Gasteiger partial charge in [0.25, 0.3) is 5.56 Å². The first-order valence-electron chi connectivity index (χ1n) is 10.0. The molecule has 5 nitrogen and oxygen atoms in total. The molecule has 0 aliphatic heterocycles. The predicted octanol–water partition coefficient (Wildman–Crippen LogP) is 5.30. The summed E-state index contributed by atoms with van der Waals surface area (Å²) in [5.74, 6) is 0.902. The Hall–Kier alpha value is -2.70. The molecule has 7 heteroatoms. The van der Waals surface area contributed by atoms with Crippen LogP contribution in [0.3, 0.4) is 0 Å². The minimum absolute atomic E-state index is 0.0835. The average Bonchev–Trinajstić information content (AvgIpc) is 2.99. The van der Waals surface area contributed by atoms with Gasteiger partial charge in [-0.2, -0.15) is 8.78 Å². The van der Waals surface area contributed by atoms with E-state index in [4.69, 9.17) is 5.10 Å². The third kappa shape index (κ3) is 3.78. The number of halogens is 2. The van der Waals surface area contributed by atoms with Crippen LogP contribution in [0.2, 0.25) is 0 Å². The molecule has 2 aromatic heterocycles. The van der Waals surface area contributed by atoms with Gasteiger partial charge < -0.3 is 4.74 Å². The fraction of sp³-hybridized carbons (Fsp3) is 0.455. The van der Waals surface area contributed by atoms with Gasteiger partial charge in [0, 0.05) is 17.8 Å². The number of hydrogen-bond donors (Lipinski definition) is 0. The molecule has 0 saturated heterocycles. The lowest BCUT2D eigenvalue weighted by atomic mass is 9.95. The van der Waals surface area contributed by atoms with Gasteiger partial charge in [0.05, 0.1) is 0 Å². The first-order valence-corrected chi connectivity index (χ1v) is 10.0. The molecule has 0 saturated carbocycles. The summed E-state index contributed by atoms with van der Waals surface area (Å²) < 4.78 is 32.9. The van der Waals surface area contributed by atoms with Crippen LogP contribution < -0.4 is 10.3 Å². The van der Waals surface area contributed by atoms with Crippen LogP contribution >= 0.6 is 0 Å². The van der Waals surface area contributed by atoms with E-state index in [0.717, 1.165) is 24.1 Å². The van der Waals surface area contributed by atoms with E-state index in [0.29, 0.717) is 34.9 Å². The van der Waals surface area contributed by atoms with Crippen LogP contribution in [0.5, 0.6) is 5.75 Å². The van der Waals surface area contributed by atoms with Gasteiger partial charge in [0.15, 0.2) is 5.82 Å². The predicted molar refractivity (Wildman–Crippen MR) is 110 cm³/mol. The van der Waals surface area contributed by atoms with Crippen LogP contribution in [0.15, 0.2) is 29.1 Å². The number of fused-ring (bicyclic) bond motifs is 1. The summed E-state index contributed by atoms with van der Waals surface area (Å²) >= 11 is 0. The first-order chi connectivity index (χ1) is 13.8. The van der Waals surface area contributed by atoms with Gasteiger partial charge in [0.1, 0.15) is 11.3 Å². The highest BCUT2D eigenvalue weighted by molar-refractivity contribution is 5.65. The summed E-state index contributed by atoms with van der Waals surface area (Å²) in [6.07, 6.45) is 1.90. The molecule has 0 amide bonds. The van der Waals surface area contributed by atoms with Crippen molar-refractivity contribution in [1.29, 1.82) is 0 Å². The largest absolute Gasteiger partial charge is 0.435 e. The number of ether oxygens (including phenoxy) is 1. The van der Waals surface area contributed by atoms with Crippen molar-refractivity contribution in [3.8, 4) is 17.1 Å². The van der Waals surface area contributed by atoms with Gasteiger partial charge in [-0.25, -0.2) is 4.52 Å². The molecule has 1 aromatic carbocycles. The van der Waals surface area contributed by atoms with Crippen molar-refractivity contribution in [2.24, 2.45) is 0 Å². The number of hydrogen-bond acceptors (Lipinski definition) is 3. The molecular formula is C22H27F2N3O2. The zero-order chi connectivity index (χ0) is 21.3. The lowest BCUT2D eigenvalue weighted by molar-refractivity contribution is -0.0498. The molecule has 0 bridgehead atoms. The van der Waals surface area contributed by atoms with Crippen molar-refractivity contribution in [3.05, 3.63) is 51.4 Å². The Morgan fingerprint density at radius 3 is 2.34 bits per heavy atom. The van der Waals surface area contributed by atoms with Gasteiger partial charge in [-0.05, 0) is 74.9 Å². The van der Waals surface area contributed by atoms with Crippen molar-refractivity contribution >= 4 is 5.52 Å². The van der Waals surface area contributed by atoms with Crippen molar-refractivity contribution in [2.75, 3.05) is 0 Å². The van der Waals surface area contributed by atoms with E-state index in [1.807, 2.05) is 13.8 Å². The van der Waals surface area contributed by atoms with E-state index in [1.165, 1.54) is 12.1 Å². The van der Waals surface area contributed by atoms with Crippen LogP contribution in [0.25, 0.3) is 16.9 Å². The summed E-state index contributed by atoms with van der Waals surface area (Å²) in [4.78, 5) is 13.4. The highest BCUT2D eigenvalue weighted by Gasteiger charge is 2.22. The summed E-state index contributed by atoms with van der Waals surface area (Å²) in [7, 11) is 0. The molecule has 0 aliphatic rings. The summed E-state index contributed by atoms with van der Waals surface area (Å²) in [6.45, 7) is 7.46. The number of aryl methyl sites for hydroxylation is 2. The van der Waals surface area contributed by atoms with Crippen molar-refractivity contribution in [2.45, 2.75) is 66.5 Å². The van der Waals surface area contributed by atoms with E-state index in [9.17, 15) is 13.6 Å². The van der Waals surface area contributed by atoms with Crippen LogP contribution in [0, 0.1) is 13.8 Å². The molecule has 3 rings (SSSR count). The molecule has 2 heterocycles. The molecule has 29 heavy (non-hydrogen) atoms. The molecule has 0 spiro atoms. The minimum Gasteiger partial charge on any atom is -0.435 e. The van der Waals surface area contributed by atoms with Gasteiger partial charge in [-0.1, -0.05) is 13.8 Å². The van der Waals surface area contributed by atoms with E-state index in [2.05, 4.69) is 24.7 Å². The molecule has 3 aromatic rings. The quantitative estimate of drug-likeness (QED) is 0.537. The Kier molecular flexibility index (Phi) is 6.05. The maximum absolute atomic E-state index is 13.4. The Balaban J connectivity index is 2.25. The highest BCUT2D eigenvalue weighted by Crippen LogP contribution is 2.30. The summed E-state index contributed by atoms with van der Waals surface area (Å²) in [6, 6.07) is 6.74. The van der Waals surface area contributed by atoms with Crippen LogP contribution in [0.1, 0.15) is 56.4 Å².